The Morgan fingerprint density at radius 1 is 0.977 bits per heavy atom. The topological polar surface area (TPSA) is 134 Å². The Hall–Kier alpha value is -3.76. The van der Waals surface area contributed by atoms with E-state index in [1.54, 1.807) is 57.2 Å². The molecule has 1 aliphatic heterocycles. The van der Waals surface area contributed by atoms with E-state index in [-0.39, 0.29) is 25.4 Å². The molecular formula is C33H45N3O7. The number of carbonyl (C=O) groups excluding carboxylic acids is 4. The van der Waals surface area contributed by atoms with Crippen LogP contribution in [0.2, 0.25) is 0 Å². The SMILES string of the molecule is CC(C)C[C@H](C(=O)OC(C)(C)C)N(C(=O)C(O)C1CCCN1)C(=O)[C@H](Cc1ccccc1)NC(=O)OCc1ccccc1. The molecule has 2 aromatic carbocycles. The number of benzene rings is 2. The highest BCUT2D eigenvalue weighted by atomic mass is 16.6. The van der Waals surface area contributed by atoms with Crippen molar-refractivity contribution in [2.24, 2.45) is 5.92 Å². The van der Waals surface area contributed by atoms with Crippen molar-refractivity contribution in [1.82, 2.24) is 15.5 Å². The van der Waals surface area contributed by atoms with Crippen LogP contribution in [-0.2, 0) is 36.9 Å². The molecule has 4 atom stereocenters. The first-order valence-corrected chi connectivity index (χ1v) is 14.9. The van der Waals surface area contributed by atoms with Crippen LogP contribution < -0.4 is 10.6 Å². The molecular weight excluding hydrogens is 550 g/mol. The minimum atomic E-state index is -1.58. The van der Waals surface area contributed by atoms with E-state index in [2.05, 4.69) is 10.6 Å². The first-order chi connectivity index (χ1) is 20.4. The van der Waals surface area contributed by atoms with Gasteiger partial charge in [-0.25, -0.2) is 9.59 Å². The van der Waals surface area contributed by atoms with Gasteiger partial charge >= 0.3 is 12.1 Å². The summed E-state index contributed by atoms with van der Waals surface area (Å²) in [5.41, 5.74) is 0.584. The van der Waals surface area contributed by atoms with Crippen molar-refractivity contribution in [2.45, 2.75) is 96.7 Å². The summed E-state index contributed by atoms with van der Waals surface area (Å²) in [5, 5.41) is 16.8. The molecule has 43 heavy (non-hydrogen) atoms. The van der Waals surface area contributed by atoms with Crippen LogP contribution in [0.1, 0.15) is 65.0 Å². The van der Waals surface area contributed by atoms with Gasteiger partial charge in [0.25, 0.3) is 11.8 Å². The van der Waals surface area contributed by atoms with E-state index >= 15 is 0 Å². The molecule has 10 nitrogen and oxygen atoms in total. The molecule has 1 heterocycles. The van der Waals surface area contributed by atoms with Crippen molar-refractivity contribution < 1.29 is 33.8 Å². The van der Waals surface area contributed by atoms with Gasteiger partial charge in [0.05, 0.1) is 0 Å². The largest absolute Gasteiger partial charge is 0.458 e. The zero-order chi connectivity index (χ0) is 31.6. The van der Waals surface area contributed by atoms with Crippen molar-refractivity contribution in [3.63, 3.8) is 0 Å². The standard InChI is InChI=1S/C33H45N3O7/c1-22(2)19-27(31(40)43-33(3,4)5)36(30(39)28(37)25-17-12-18-34-25)29(38)26(20-23-13-8-6-9-14-23)35-32(41)42-21-24-15-10-7-11-16-24/h6-11,13-16,22,25-28,34,37H,12,17-21H2,1-5H3,(H,35,41)/t25?,26-,27+,28?/m0/s1. The number of alkyl carbamates (subject to hydrolysis) is 1. The van der Waals surface area contributed by atoms with Crippen LogP contribution >= 0.6 is 0 Å². The molecule has 234 valence electrons. The van der Waals surface area contributed by atoms with Gasteiger partial charge in [0.15, 0.2) is 0 Å². The second-order valence-electron chi connectivity index (χ2n) is 12.3. The lowest BCUT2D eigenvalue weighted by atomic mass is 9.97. The van der Waals surface area contributed by atoms with Crippen molar-refractivity contribution >= 4 is 23.9 Å². The van der Waals surface area contributed by atoms with Gasteiger partial charge in [-0.2, -0.15) is 0 Å². The first-order valence-electron chi connectivity index (χ1n) is 14.9. The molecule has 3 amide bonds. The maximum atomic E-state index is 14.4. The third-order valence-electron chi connectivity index (χ3n) is 6.98. The van der Waals surface area contributed by atoms with Crippen LogP contribution in [0.4, 0.5) is 4.79 Å². The summed E-state index contributed by atoms with van der Waals surface area (Å²) in [7, 11) is 0. The molecule has 0 saturated carbocycles. The Bertz CT molecular complexity index is 1210. The maximum Gasteiger partial charge on any atom is 0.408 e. The zero-order valence-electron chi connectivity index (χ0n) is 25.7. The average Bonchev–Trinajstić information content (AvgIpc) is 3.50. The monoisotopic (exact) mass is 595 g/mol. The molecule has 3 N–H and O–H groups in total. The number of nitrogens with zero attached hydrogens (tertiary/aromatic N) is 1. The number of aliphatic hydroxyl groups is 1. The van der Waals surface area contributed by atoms with Gasteiger partial charge in [0, 0.05) is 12.5 Å². The number of aliphatic hydroxyl groups excluding tert-OH is 1. The van der Waals surface area contributed by atoms with Gasteiger partial charge < -0.3 is 25.2 Å². The van der Waals surface area contributed by atoms with Crippen molar-refractivity contribution in [3.8, 4) is 0 Å². The summed E-state index contributed by atoms with van der Waals surface area (Å²) >= 11 is 0. The van der Waals surface area contributed by atoms with E-state index in [9.17, 15) is 24.3 Å². The second-order valence-corrected chi connectivity index (χ2v) is 12.3. The first kappa shape index (κ1) is 33.7. The van der Waals surface area contributed by atoms with E-state index in [4.69, 9.17) is 9.47 Å². The molecule has 2 unspecified atom stereocenters. The van der Waals surface area contributed by atoms with E-state index in [0.29, 0.717) is 18.5 Å². The van der Waals surface area contributed by atoms with Crippen LogP contribution in [0.5, 0.6) is 0 Å². The highest BCUT2D eigenvalue weighted by Crippen LogP contribution is 2.22. The van der Waals surface area contributed by atoms with E-state index in [1.807, 2.05) is 38.1 Å². The highest BCUT2D eigenvalue weighted by molar-refractivity contribution is 6.04. The summed E-state index contributed by atoms with van der Waals surface area (Å²) < 4.78 is 11.1. The molecule has 0 spiro atoms. The van der Waals surface area contributed by atoms with Gasteiger partial charge in [-0.05, 0) is 63.6 Å². The molecule has 1 aliphatic rings. The molecule has 10 heteroatoms. The van der Waals surface area contributed by atoms with Crippen molar-refractivity contribution in [3.05, 3.63) is 71.8 Å². The van der Waals surface area contributed by atoms with E-state index in [0.717, 1.165) is 16.9 Å². The van der Waals surface area contributed by atoms with Crippen LogP contribution in [-0.4, -0.2) is 70.3 Å². The van der Waals surface area contributed by atoms with E-state index in [1.165, 1.54) is 0 Å². The molecule has 0 aliphatic carbocycles. The van der Waals surface area contributed by atoms with Crippen molar-refractivity contribution in [1.29, 1.82) is 0 Å². The molecule has 1 fully saturated rings. The van der Waals surface area contributed by atoms with E-state index < -0.39 is 53.7 Å². The number of nitrogens with one attached hydrogen (secondary N) is 2. The number of esters is 1. The minimum absolute atomic E-state index is 0.0182. The number of amides is 3. The van der Waals surface area contributed by atoms with Gasteiger partial charge in [-0.1, -0.05) is 74.5 Å². The lowest BCUT2D eigenvalue weighted by Gasteiger charge is -2.36. The van der Waals surface area contributed by atoms with Gasteiger partial charge in [-0.3, -0.25) is 14.5 Å². The fourth-order valence-electron chi connectivity index (χ4n) is 4.96. The Balaban J connectivity index is 1.98. The maximum absolute atomic E-state index is 14.4. The normalized spacial score (nSPS) is 17.0. The molecule has 0 radical (unpaired) electrons. The lowest BCUT2D eigenvalue weighted by Crippen LogP contribution is -2.61. The third kappa shape index (κ3) is 10.5. The predicted octanol–water partition coefficient (Wildman–Crippen LogP) is 3.75. The van der Waals surface area contributed by atoms with Crippen molar-refractivity contribution in [2.75, 3.05) is 6.54 Å². The summed E-state index contributed by atoms with van der Waals surface area (Å²) in [5.74, 6) is -2.63. The molecule has 0 bridgehead atoms. The van der Waals surface area contributed by atoms with Gasteiger partial charge in [0.2, 0.25) is 0 Å². The van der Waals surface area contributed by atoms with Crippen LogP contribution in [0.3, 0.4) is 0 Å². The van der Waals surface area contributed by atoms with Crippen LogP contribution in [0.15, 0.2) is 60.7 Å². The summed E-state index contributed by atoms with van der Waals surface area (Å²) in [4.78, 5) is 55.8. The minimum Gasteiger partial charge on any atom is -0.458 e. The molecule has 0 aromatic heterocycles. The highest BCUT2D eigenvalue weighted by Gasteiger charge is 2.44. The Kier molecular flexibility index (Phi) is 12.3. The number of imide groups is 1. The van der Waals surface area contributed by atoms with Gasteiger partial charge in [-0.15, -0.1) is 0 Å². The predicted molar refractivity (Wildman–Crippen MR) is 162 cm³/mol. The number of hydrogen-bond acceptors (Lipinski definition) is 8. The Labute approximate surface area is 254 Å². The molecule has 3 rings (SSSR count). The van der Waals surface area contributed by atoms with Gasteiger partial charge in [0.1, 0.15) is 30.4 Å². The summed E-state index contributed by atoms with van der Waals surface area (Å²) in [6.07, 6.45) is -1.02. The Morgan fingerprint density at radius 3 is 2.12 bits per heavy atom. The fourth-order valence-corrected chi connectivity index (χ4v) is 4.96. The number of ether oxygens (including phenoxy) is 2. The fraction of sp³-hybridized carbons (Fsp3) is 0.515. The Morgan fingerprint density at radius 2 is 1.58 bits per heavy atom. The zero-order valence-corrected chi connectivity index (χ0v) is 25.7. The summed E-state index contributed by atoms with van der Waals surface area (Å²) in [6, 6.07) is 14.9. The molecule has 2 aromatic rings. The number of hydrogen-bond donors (Lipinski definition) is 3. The third-order valence-corrected chi connectivity index (χ3v) is 6.98. The van der Waals surface area contributed by atoms with Crippen LogP contribution in [0, 0.1) is 5.92 Å². The van der Waals surface area contributed by atoms with Crippen LogP contribution in [0.25, 0.3) is 0 Å². The quantitative estimate of drug-likeness (QED) is 0.316. The lowest BCUT2D eigenvalue weighted by molar-refractivity contribution is -0.172. The second kappa shape index (κ2) is 15.6. The number of carbonyl (C=O) groups is 4. The average molecular weight is 596 g/mol. The molecule has 1 saturated heterocycles. The number of rotatable bonds is 12. The summed E-state index contributed by atoms with van der Waals surface area (Å²) in [6.45, 7) is 9.42. The smallest absolute Gasteiger partial charge is 0.408 e.